The molecule has 14 rings (SSSR count). The van der Waals surface area contributed by atoms with Crippen molar-refractivity contribution < 1.29 is 110 Å². The molecule has 0 spiro atoms. The minimum atomic E-state index is -3.27. The number of nitrogens with one attached hydrogen (secondary N) is 2. The summed E-state index contributed by atoms with van der Waals surface area (Å²) in [7, 11) is 0. The van der Waals surface area contributed by atoms with E-state index in [2.05, 4.69) is 15.5 Å². The fraction of sp³-hybridized carbons (Fsp3) is 0.476. The van der Waals surface area contributed by atoms with Crippen molar-refractivity contribution in [2.24, 2.45) is 29.1 Å². The van der Waals surface area contributed by atoms with Crippen LogP contribution in [-0.2, 0) is 58.9 Å². The number of aliphatic hydroxyl groups excluding tert-OH is 3. The van der Waals surface area contributed by atoms with E-state index in [1.54, 1.807) is 31.4 Å². The number of alkyl halides is 2. The van der Waals surface area contributed by atoms with Gasteiger partial charge in [0.2, 0.25) is 16.3 Å². The molecule has 2 saturated heterocycles. The lowest BCUT2D eigenvalue weighted by Crippen LogP contribution is -2.50. The molecular formula is C82H91F2N5O24. The molecule has 3 fully saturated rings. The van der Waals surface area contributed by atoms with Crippen LogP contribution in [0.4, 0.5) is 20.2 Å². The fourth-order valence-corrected chi connectivity index (χ4v) is 16.2. The first-order chi connectivity index (χ1) is 53.5. The van der Waals surface area contributed by atoms with Gasteiger partial charge in [-0.3, -0.25) is 38.5 Å². The molecule has 1 aliphatic carbocycles. The van der Waals surface area contributed by atoms with Crippen LogP contribution in [0.25, 0.3) is 60.8 Å². The Morgan fingerprint density at radius 1 is 0.903 bits per heavy atom. The number of hydrogen-bond acceptors (Lipinski definition) is 25. The zero-order valence-corrected chi connectivity index (χ0v) is 64.2. The highest BCUT2D eigenvalue weighted by Gasteiger charge is 2.48. The summed E-state index contributed by atoms with van der Waals surface area (Å²) in [5, 5.41) is 74.4. The Morgan fingerprint density at radius 3 is 2.35 bits per heavy atom. The van der Waals surface area contributed by atoms with Gasteiger partial charge < -0.3 is 92.9 Å². The van der Waals surface area contributed by atoms with Crippen LogP contribution >= 0.6 is 0 Å². The average molecular weight is 1570 g/mol. The predicted octanol–water partition coefficient (Wildman–Crippen LogP) is 10.2. The van der Waals surface area contributed by atoms with Gasteiger partial charge in [0.25, 0.3) is 5.91 Å². The van der Waals surface area contributed by atoms with Gasteiger partial charge in [-0.25, -0.2) is 9.78 Å². The van der Waals surface area contributed by atoms with E-state index in [0.717, 1.165) is 17.4 Å². The maximum atomic E-state index is 15.5. The van der Waals surface area contributed by atoms with Crippen molar-refractivity contribution in [1.29, 1.82) is 0 Å². The van der Waals surface area contributed by atoms with E-state index >= 15 is 4.79 Å². The molecular weight excluding hydrogens is 1480 g/mol. The Hall–Kier alpha value is -10.4. The number of carbonyl (C=O) groups excluding carboxylic acids is 3. The molecule has 1 unspecified atom stereocenters. The van der Waals surface area contributed by atoms with Crippen molar-refractivity contribution in [2.45, 2.75) is 201 Å². The second-order valence-electron chi connectivity index (χ2n) is 31.1. The molecule has 2 aromatic heterocycles. The van der Waals surface area contributed by atoms with Gasteiger partial charge in [-0.1, -0.05) is 51.1 Å². The van der Waals surface area contributed by atoms with Crippen LogP contribution in [-0.4, -0.2) is 162 Å². The number of fused-ring (bicyclic) bond motifs is 17. The van der Waals surface area contributed by atoms with E-state index < -0.39 is 183 Å². The highest BCUT2D eigenvalue weighted by Crippen LogP contribution is 2.47. The molecule has 15 atom stereocenters. The number of halogens is 2. The summed E-state index contributed by atoms with van der Waals surface area (Å²) in [4.78, 5) is 116. The zero-order valence-electron chi connectivity index (χ0n) is 64.2. The number of aliphatic carboxylic acids is 1. The molecule has 113 heavy (non-hydrogen) atoms. The van der Waals surface area contributed by atoms with Gasteiger partial charge in [-0.2, -0.15) is 8.78 Å². The van der Waals surface area contributed by atoms with E-state index in [4.69, 9.17) is 52.0 Å². The van der Waals surface area contributed by atoms with E-state index in [1.807, 2.05) is 19.1 Å². The number of carboxylic acid groups (broad SMARTS) is 2. The molecule has 31 heteroatoms. The summed E-state index contributed by atoms with van der Waals surface area (Å²) in [6, 6.07) is 10.9. The van der Waals surface area contributed by atoms with Gasteiger partial charge in [-0.05, 0) is 109 Å². The number of amides is 1. The molecule has 1 saturated carbocycles. The minimum Gasteiger partial charge on any atom is -0.507 e. The number of aliphatic hydroxyl groups is 3. The predicted molar refractivity (Wildman–Crippen MR) is 406 cm³/mol. The van der Waals surface area contributed by atoms with Gasteiger partial charge in [0.15, 0.2) is 34.5 Å². The van der Waals surface area contributed by atoms with Crippen molar-refractivity contribution in [3.8, 4) is 28.4 Å². The van der Waals surface area contributed by atoms with Crippen LogP contribution in [0.3, 0.4) is 0 Å². The van der Waals surface area contributed by atoms with Crippen LogP contribution in [0.5, 0.6) is 17.2 Å². The van der Waals surface area contributed by atoms with Crippen LogP contribution in [0.15, 0.2) is 104 Å². The number of anilines is 2. The number of aromatic hydroxyl groups is 1. The molecule has 29 nitrogen and oxygen atoms in total. The maximum absolute atomic E-state index is 15.5. The topological polar surface area (TPSA) is 399 Å². The number of hydrogen-bond donors (Lipinski definition) is 8. The Balaban J connectivity index is 0.858. The lowest BCUT2D eigenvalue weighted by molar-refractivity contribution is -0.246. The number of aromatic carboxylic acids is 1. The number of carbonyl (C=O) groups is 5. The monoisotopic (exact) mass is 1570 g/mol. The van der Waals surface area contributed by atoms with Crippen molar-refractivity contribution in [2.75, 3.05) is 30.5 Å². The number of esters is 2. The van der Waals surface area contributed by atoms with Crippen molar-refractivity contribution >= 4 is 90.8 Å². The van der Waals surface area contributed by atoms with E-state index in [0.29, 0.717) is 37.9 Å². The number of benzene rings is 5. The SMILES string of the molecule is CC(=O)O[C@H]1[C@H](C)[C@H](O)[C@H](C)[C@@H](O)[C@@H](C(C)OC(=O)C(C)(C)CC(=O)O)/C=C/C=C(/C)C(=O)Nc2c(=O)c3c(O)c(C)c4c(c3c3nc5c(=O)cc(NCCCN6Cc7cc(-c8ccc9c(=O)c(C(=O)O)cn(C%10CC%10)c9c8OC(F)F)ccc7[C@H]6C)cc5oc23)=C(O)[C@@](C)(O/C=C/[C@H](O[C@H]2C[C@@H]3OCO[C@@H]3[C@@H](C)O2)[C@H]1C)O4. The van der Waals surface area contributed by atoms with E-state index in [9.17, 15) is 73.0 Å². The summed E-state index contributed by atoms with van der Waals surface area (Å²) in [5.41, 5.74) is -3.44. The Morgan fingerprint density at radius 2 is 1.65 bits per heavy atom. The number of pyridine rings is 1. The Kier molecular flexibility index (Phi) is 22.5. The lowest BCUT2D eigenvalue weighted by Gasteiger charge is -2.41. The molecule has 8 N–H and O–H groups in total. The third kappa shape index (κ3) is 15.5. The van der Waals surface area contributed by atoms with Gasteiger partial charge in [-0.15, -0.1) is 0 Å². The van der Waals surface area contributed by atoms with Gasteiger partial charge in [0.1, 0.15) is 53.4 Å². The number of aromatic nitrogens is 2. The molecule has 8 heterocycles. The second kappa shape index (κ2) is 31.5. The molecule has 7 aromatic rings. The molecule has 5 aromatic carbocycles. The van der Waals surface area contributed by atoms with Crippen molar-refractivity contribution in [3.05, 3.63) is 143 Å². The quantitative estimate of drug-likeness (QED) is 0.0171. The number of phenols is 1. The first-order valence-corrected chi connectivity index (χ1v) is 37.6. The Bertz CT molecular complexity index is 5370. The smallest absolute Gasteiger partial charge is 0.387 e. The maximum Gasteiger partial charge on any atom is 0.387 e. The highest BCUT2D eigenvalue weighted by molar-refractivity contribution is 6.17. The number of carboxylic acids is 2. The van der Waals surface area contributed by atoms with Crippen LogP contribution < -0.4 is 41.6 Å². The normalized spacial score (nSPS) is 27.7. The number of nitrogens with zero attached hydrogens (tertiary/aromatic N) is 3. The van der Waals surface area contributed by atoms with E-state index in [1.165, 1.54) is 110 Å². The van der Waals surface area contributed by atoms with Crippen LogP contribution in [0.1, 0.15) is 147 Å². The minimum absolute atomic E-state index is 0.0152. The second-order valence-corrected chi connectivity index (χ2v) is 31.1. The van der Waals surface area contributed by atoms with E-state index in [-0.39, 0.29) is 104 Å². The average Bonchev–Trinajstić information content (AvgIpc) is 1.61. The third-order valence-corrected chi connectivity index (χ3v) is 22.7. The lowest BCUT2D eigenvalue weighted by atomic mass is 9.77. The number of ether oxygens (including phenoxy) is 9. The third-order valence-electron chi connectivity index (χ3n) is 22.7. The van der Waals surface area contributed by atoms with Crippen LogP contribution in [0, 0.1) is 36.0 Å². The molecule has 7 aliphatic rings. The Labute approximate surface area is 645 Å². The summed E-state index contributed by atoms with van der Waals surface area (Å²) in [6.07, 6.45) is 0.101. The van der Waals surface area contributed by atoms with Crippen molar-refractivity contribution in [1.82, 2.24) is 14.5 Å². The molecule has 0 radical (unpaired) electrons. The first kappa shape index (κ1) is 80.6. The largest absolute Gasteiger partial charge is 0.507 e. The standard InChI is InChI=1S/C82H91F2N5O24/c1-35-15-13-16-49(41(7)108-79(103)81(10,11)31-57(92)93)67(95)37(3)66(94)38(4)71(109-43(9)90)36(2)54(110-58-30-56-73(42(8)107-58)105-34-104-56)23-26-106-82(12)76(99)61-59-60(68(96)39(5)72(61)113-82)70(98)64(87-77(35)100)75-63(59)86-62-53(91)28-46(29-55(62)111-75)85-24-14-25-88-32-45-27-44(17-20-48(45)40(88)6)50-21-22-51-65(74(50)112-80(83)84)89(47-18-19-47)33-52(69(51)97)78(101)102/h13,15-17,20-23,26-29,33,36-38,40-42,47,49,54,56,58,66-67,71,73,80,85,94-96,99H,14,18-19,24-25,30-32,34H2,1-12H3,(H,87,100)(H,92,93)(H,101,102)/b16-13+,26-23+,35-15-/t36-,37+,38-,40-,41?,42-,49-,54+,56+,58+,66-,67-,71-,73-,82+/m1/s1. The molecule has 5 bridgehead atoms. The van der Waals surface area contributed by atoms with Gasteiger partial charge >= 0.3 is 36.3 Å². The summed E-state index contributed by atoms with van der Waals surface area (Å²) in [6.45, 7) is 16.1. The van der Waals surface area contributed by atoms with Crippen molar-refractivity contribution in [3.63, 3.8) is 0 Å². The summed E-state index contributed by atoms with van der Waals surface area (Å²) in [5.74, 6) is -13.6. The highest BCUT2D eigenvalue weighted by atomic mass is 19.3. The number of allylic oxidation sites excluding steroid dienone is 2. The first-order valence-electron chi connectivity index (χ1n) is 37.6. The summed E-state index contributed by atoms with van der Waals surface area (Å²) < 4.78 is 91.5. The molecule has 6 aliphatic heterocycles. The van der Waals surface area contributed by atoms with Gasteiger partial charge in [0, 0.05) is 122 Å². The molecule has 602 valence electrons. The van der Waals surface area contributed by atoms with Crippen LogP contribution in [0.2, 0.25) is 0 Å². The zero-order chi connectivity index (χ0) is 81.5. The molecule has 1 amide bonds. The van der Waals surface area contributed by atoms with Gasteiger partial charge in [0.05, 0.1) is 70.1 Å². The fourth-order valence-electron chi connectivity index (χ4n) is 16.2. The number of phenolic OH excluding ortho intramolecular Hbond substituents is 1. The number of rotatable bonds is 18. The summed E-state index contributed by atoms with van der Waals surface area (Å²) >= 11 is 0.